The van der Waals surface area contributed by atoms with Crippen LogP contribution in [0.25, 0.3) is 0 Å². The van der Waals surface area contributed by atoms with Crippen molar-refractivity contribution < 1.29 is 22.3 Å². The second-order valence-corrected chi connectivity index (χ2v) is 5.14. The van der Waals surface area contributed by atoms with E-state index in [1.807, 2.05) is 6.92 Å². The van der Waals surface area contributed by atoms with Crippen molar-refractivity contribution in [3.8, 4) is 0 Å². The van der Waals surface area contributed by atoms with Gasteiger partial charge in [-0.15, -0.1) is 0 Å². The number of alkyl halides is 4. The van der Waals surface area contributed by atoms with Crippen LogP contribution >= 0.6 is 0 Å². The molecule has 1 aliphatic carbocycles. The number of rotatable bonds is 8. The van der Waals surface area contributed by atoms with Crippen molar-refractivity contribution in [2.75, 3.05) is 19.8 Å². The molecule has 1 saturated carbocycles. The third-order valence-electron chi connectivity index (χ3n) is 3.60. The predicted molar refractivity (Wildman–Crippen MR) is 65.8 cm³/mol. The van der Waals surface area contributed by atoms with Crippen LogP contribution in [-0.2, 0) is 4.74 Å². The summed E-state index contributed by atoms with van der Waals surface area (Å²) in [6.45, 7) is 1.51. The molecule has 1 N–H and O–H groups in total. The van der Waals surface area contributed by atoms with Crippen LogP contribution in [0.1, 0.15) is 39.0 Å². The maximum atomic E-state index is 12.7. The number of hydrogen-bond acceptors (Lipinski definition) is 2. The Bertz CT molecular complexity index is 245. The molecule has 0 bridgehead atoms. The van der Waals surface area contributed by atoms with Crippen molar-refractivity contribution in [1.29, 1.82) is 0 Å². The Labute approximate surface area is 111 Å². The molecular formula is C13H23F4NO. The summed E-state index contributed by atoms with van der Waals surface area (Å²) in [5.74, 6) is -3.66. The van der Waals surface area contributed by atoms with Crippen LogP contribution < -0.4 is 5.32 Å². The minimum Gasteiger partial charge on any atom is -0.373 e. The molecule has 1 unspecified atom stereocenters. The van der Waals surface area contributed by atoms with Gasteiger partial charge in [0.15, 0.2) is 0 Å². The van der Waals surface area contributed by atoms with Crippen LogP contribution in [0.3, 0.4) is 0 Å². The molecule has 114 valence electrons. The zero-order chi connectivity index (χ0) is 14.3. The van der Waals surface area contributed by atoms with Crippen molar-refractivity contribution in [1.82, 2.24) is 5.32 Å². The Morgan fingerprint density at radius 1 is 1.21 bits per heavy atom. The van der Waals surface area contributed by atoms with Crippen LogP contribution in [-0.4, -0.2) is 38.1 Å². The summed E-state index contributed by atoms with van der Waals surface area (Å²) in [5, 5.41) is 3.21. The van der Waals surface area contributed by atoms with Crippen LogP contribution in [0.2, 0.25) is 0 Å². The van der Waals surface area contributed by atoms with Gasteiger partial charge in [-0.05, 0) is 25.3 Å². The SMILES string of the molecule is CCNC(COCC(F)(F)C(F)F)C1CCCCC1. The van der Waals surface area contributed by atoms with E-state index in [4.69, 9.17) is 4.74 Å². The fourth-order valence-corrected chi connectivity index (χ4v) is 2.55. The van der Waals surface area contributed by atoms with Gasteiger partial charge in [-0.25, -0.2) is 8.78 Å². The molecule has 0 spiro atoms. The Hall–Kier alpha value is -0.360. The summed E-state index contributed by atoms with van der Waals surface area (Å²) >= 11 is 0. The lowest BCUT2D eigenvalue weighted by Crippen LogP contribution is -2.42. The van der Waals surface area contributed by atoms with E-state index in [-0.39, 0.29) is 12.6 Å². The minimum atomic E-state index is -4.05. The topological polar surface area (TPSA) is 21.3 Å². The van der Waals surface area contributed by atoms with Gasteiger partial charge in [0.2, 0.25) is 0 Å². The zero-order valence-electron chi connectivity index (χ0n) is 11.3. The first-order chi connectivity index (χ1) is 8.97. The molecule has 0 heterocycles. The van der Waals surface area contributed by atoms with Crippen molar-refractivity contribution in [3.63, 3.8) is 0 Å². The zero-order valence-corrected chi connectivity index (χ0v) is 11.3. The Morgan fingerprint density at radius 2 is 1.84 bits per heavy atom. The Kier molecular flexibility index (Phi) is 7.07. The van der Waals surface area contributed by atoms with Gasteiger partial charge >= 0.3 is 12.3 Å². The van der Waals surface area contributed by atoms with E-state index in [2.05, 4.69) is 5.32 Å². The summed E-state index contributed by atoms with van der Waals surface area (Å²) < 4.78 is 54.3. The molecule has 0 radical (unpaired) electrons. The number of nitrogens with one attached hydrogen (secondary N) is 1. The maximum absolute atomic E-state index is 12.7. The van der Waals surface area contributed by atoms with E-state index in [1.165, 1.54) is 6.42 Å². The van der Waals surface area contributed by atoms with Gasteiger partial charge in [-0.2, -0.15) is 8.78 Å². The number of likely N-dealkylation sites (N-methyl/N-ethyl adjacent to an activating group) is 1. The molecule has 1 atom stereocenters. The summed E-state index contributed by atoms with van der Waals surface area (Å²) in [6, 6.07) is -0.0150. The van der Waals surface area contributed by atoms with E-state index >= 15 is 0 Å². The first-order valence-corrected chi connectivity index (χ1v) is 6.94. The van der Waals surface area contributed by atoms with Crippen LogP contribution in [0.5, 0.6) is 0 Å². The average molecular weight is 285 g/mol. The third-order valence-corrected chi connectivity index (χ3v) is 3.60. The monoisotopic (exact) mass is 285 g/mol. The average Bonchev–Trinajstić information content (AvgIpc) is 2.38. The van der Waals surface area contributed by atoms with Crippen molar-refractivity contribution in [3.05, 3.63) is 0 Å². The number of hydrogen-bond donors (Lipinski definition) is 1. The highest BCUT2D eigenvalue weighted by molar-refractivity contribution is 4.79. The van der Waals surface area contributed by atoms with E-state index in [1.54, 1.807) is 0 Å². The summed E-state index contributed by atoms with van der Waals surface area (Å²) in [4.78, 5) is 0. The van der Waals surface area contributed by atoms with Gasteiger partial charge in [0.05, 0.1) is 6.61 Å². The van der Waals surface area contributed by atoms with Gasteiger partial charge in [0, 0.05) is 6.04 Å². The molecule has 6 heteroatoms. The molecule has 19 heavy (non-hydrogen) atoms. The normalized spacial score (nSPS) is 19.9. The molecule has 1 aliphatic rings. The van der Waals surface area contributed by atoms with Gasteiger partial charge in [0.1, 0.15) is 6.61 Å². The van der Waals surface area contributed by atoms with Gasteiger partial charge < -0.3 is 10.1 Å². The lowest BCUT2D eigenvalue weighted by Gasteiger charge is -2.31. The largest absolute Gasteiger partial charge is 0.373 e. The highest BCUT2D eigenvalue weighted by atomic mass is 19.3. The molecule has 2 nitrogen and oxygen atoms in total. The van der Waals surface area contributed by atoms with Gasteiger partial charge in [-0.1, -0.05) is 26.2 Å². The minimum absolute atomic E-state index is 0.0150. The smallest absolute Gasteiger partial charge is 0.330 e. The Balaban J connectivity index is 2.36. The third kappa shape index (κ3) is 5.65. The quantitative estimate of drug-likeness (QED) is 0.690. The van der Waals surface area contributed by atoms with Crippen LogP contribution in [0.4, 0.5) is 17.6 Å². The van der Waals surface area contributed by atoms with E-state index in [9.17, 15) is 17.6 Å². The molecule has 0 aliphatic heterocycles. The summed E-state index contributed by atoms with van der Waals surface area (Å²) in [5.41, 5.74) is 0. The standard InChI is InChI=1S/C13H23F4NO/c1-2-18-11(10-6-4-3-5-7-10)8-19-9-13(16,17)12(14)15/h10-12,18H,2-9H2,1H3. The van der Waals surface area contributed by atoms with Crippen molar-refractivity contribution in [2.24, 2.45) is 5.92 Å². The van der Waals surface area contributed by atoms with E-state index in [0.717, 1.165) is 32.2 Å². The van der Waals surface area contributed by atoms with Crippen LogP contribution in [0, 0.1) is 5.92 Å². The second kappa shape index (κ2) is 8.04. The fourth-order valence-electron chi connectivity index (χ4n) is 2.55. The molecule has 0 aromatic rings. The van der Waals surface area contributed by atoms with Crippen molar-refractivity contribution >= 4 is 0 Å². The number of halogens is 4. The highest BCUT2D eigenvalue weighted by Gasteiger charge is 2.41. The van der Waals surface area contributed by atoms with E-state index in [0.29, 0.717) is 5.92 Å². The van der Waals surface area contributed by atoms with Gasteiger partial charge in [0.25, 0.3) is 0 Å². The molecule has 0 amide bonds. The predicted octanol–water partition coefficient (Wildman–Crippen LogP) is 3.46. The second-order valence-electron chi connectivity index (χ2n) is 5.14. The van der Waals surface area contributed by atoms with Gasteiger partial charge in [-0.3, -0.25) is 0 Å². The highest BCUT2D eigenvalue weighted by Crippen LogP contribution is 2.27. The molecule has 1 fully saturated rings. The van der Waals surface area contributed by atoms with E-state index < -0.39 is 19.0 Å². The molecular weight excluding hydrogens is 262 g/mol. The molecule has 0 saturated heterocycles. The summed E-state index contributed by atoms with van der Waals surface area (Å²) in [6.07, 6.45) is 1.91. The molecule has 0 aromatic carbocycles. The number of ether oxygens (including phenoxy) is 1. The molecule has 1 rings (SSSR count). The summed E-state index contributed by atoms with van der Waals surface area (Å²) in [7, 11) is 0. The molecule has 0 aromatic heterocycles. The first kappa shape index (κ1) is 16.7. The van der Waals surface area contributed by atoms with Crippen LogP contribution in [0.15, 0.2) is 0 Å². The lowest BCUT2D eigenvalue weighted by molar-refractivity contribution is -0.167. The Morgan fingerprint density at radius 3 is 2.37 bits per heavy atom. The first-order valence-electron chi connectivity index (χ1n) is 6.94. The van der Waals surface area contributed by atoms with Crippen molar-refractivity contribution in [2.45, 2.75) is 57.4 Å². The fraction of sp³-hybridized carbons (Fsp3) is 1.00. The maximum Gasteiger partial charge on any atom is 0.330 e. The lowest BCUT2D eigenvalue weighted by atomic mass is 9.84.